The number of carboxylic acid groups (broad SMARTS) is 1. The Bertz CT molecular complexity index is 906. The molecule has 1 aromatic heterocycles. The Balaban J connectivity index is 2.20. The maximum absolute atomic E-state index is 12.5. The van der Waals surface area contributed by atoms with E-state index in [0.29, 0.717) is 23.2 Å². The van der Waals surface area contributed by atoms with Gasteiger partial charge in [0.1, 0.15) is 5.56 Å². The van der Waals surface area contributed by atoms with Crippen molar-refractivity contribution in [1.82, 2.24) is 4.57 Å². The molecule has 0 atom stereocenters. The number of hydrogen-bond donors (Lipinski definition) is 1. The van der Waals surface area contributed by atoms with Gasteiger partial charge in [-0.1, -0.05) is 24.3 Å². The SMILES string of the molecule is O=C(O)c1cc2ccccc2n(C(=O)CC2=NCC=C2)c1=O. The van der Waals surface area contributed by atoms with Crippen molar-refractivity contribution in [2.45, 2.75) is 6.42 Å². The van der Waals surface area contributed by atoms with Crippen molar-refractivity contribution in [2.75, 3.05) is 6.54 Å². The second-order valence-corrected chi connectivity index (χ2v) is 4.87. The van der Waals surface area contributed by atoms with Crippen molar-refractivity contribution in [3.63, 3.8) is 0 Å². The molecule has 1 aromatic carbocycles. The van der Waals surface area contributed by atoms with E-state index in [-0.39, 0.29) is 6.42 Å². The fourth-order valence-corrected chi connectivity index (χ4v) is 2.42. The molecule has 0 unspecified atom stereocenters. The molecule has 0 amide bonds. The van der Waals surface area contributed by atoms with E-state index in [1.807, 2.05) is 6.08 Å². The molecule has 3 rings (SSSR count). The van der Waals surface area contributed by atoms with E-state index in [2.05, 4.69) is 4.99 Å². The molecule has 1 N–H and O–H groups in total. The molecule has 0 bridgehead atoms. The van der Waals surface area contributed by atoms with Crippen molar-refractivity contribution >= 4 is 28.5 Å². The van der Waals surface area contributed by atoms with Crippen molar-refractivity contribution < 1.29 is 14.7 Å². The number of carboxylic acids is 1. The number of carbonyl (C=O) groups is 2. The van der Waals surface area contributed by atoms with Crippen molar-refractivity contribution in [3.8, 4) is 0 Å². The maximum Gasteiger partial charge on any atom is 0.341 e. The van der Waals surface area contributed by atoms with Crippen LogP contribution in [0.15, 0.2) is 52.3 Å². The zero-order valence-corrected chi connectivity index (χ0v) is 11.5. The van der Waals surface area contributed by atoms with Crippen molar-refractivity contribution in [2.24, 2.45) is 4.99 Å². The van der Waals surface area contributed by atoms with Crippen LogP contribution in [0.5, 0.6) is 0 Å². The molecule has 0 spiro atoms. The highest BCUT2D eigenvalue weighted by molar-refractivity contribution is 6.10. The lowest BCUT2D eigenvalue weighted by molar-refractivity contribution is 0.0694. The lowest BCUT2D eigenvalue weighted by atomic mass is 10.1. The van der Waals surface area contributed by atoms with Crippen LogP contribution >= 0.6 is 0 Å². The van der Waals surface area contributed by atoms with Gasteiger partial charge in [-0.15, -0.1) is 0 Å². The number of allylic oxidation sites excluding steroid dienone is 1. The predicted octanol–water partition coefficient (Wildman–Crippen LogP) is 1.74. The van der Waals surface area contributed by atoms with E-state index in [1.165, 1.54) is 6.07 Å². The molecule has 1 aliphatic rings. The Hall–Kier alpha value is -3.02. The number of aliphatic imine (C=N–C) groups is 1. The molecule has 0 radical (unpaired) electrons. The van der Waals surface area contributed by atoms with Gasteiger partial charge in [0.05, 0.1) is 18.5 Å². The predicted molar refractivity (Wildman–Crippen MR) is 81.9 cm³/mol. The summed E-state index contributed by atoms with van der Waals surface area (Å²) in [6.07, 6.45) is 3.51. The molecule has 1 aliphatic heterocycles. The summed E-state index contributed by atoms with van der Waals surface area (Å²) < 4.78 is 0.924. The van der Waals surface area contributed by atoms with E-state index < -0.39 is 23.0 Å². The Labute approximate surface area is 125 Å². The van der Waals surface area contributed by atoms with Crippen LogP contribution in [0.3, 0.4) is 0 Å². The Morgan fingerprint density at radius 1 is 1.27 bits per heavy atom. The van der Waals surface area contributed by atoms with Crippen LogP contribution < -0.4 is 5.56 Å². The summed E-state index contributed by atoms with van der Waals surface area (Å²) >= 11 is 0. The molecule has 2 aromatic rings. The van der Waals surface area contributed by atoms with Crippen molar-refractivity contribution in [3.05, 3.63) is 58.4 Å². The summed E-state index contributed by atoms with van der Waals surface area (Å²) in [6.45, 7) is 0.521. The summed E-state index contributed by atoms with van der Waals surface area (Å²) in [6, 6.07) is 7.98. The van der Waals surface area contributed by atoms with Crippen LogP contribution in [-0.2, 0) is 0 Å². The number of para-hydroxylation sites is 1. The molecule has 0 saturated heterocycles. The number of pyridine rings is 1. The smallest absolute Gasteiger partial charge is 0.341 e. The van der Waals surface area contributed by atoms with Gasteiger partial charge in [0.25, 0.3) is 5.56 Å². The standard InChI is InChI=1S/C16H12N2O4/c19-14(9-11-5-3-7-17-11)18-13-6-2-1-4-10(13)8-12(15(18)20)16(21)22/h1-6,8H,7,9H2,(H,21,22). The molecule has 0 aliphatic carbocycles. The molecule has 0 saturated carbocycles. The monoisotopic (exact) mass is 296 g/mol. The number of nitrogens with zero attached hydrogens (tertiary/aromatic N) is 2. The quantitative estimate of drug-likeness (QED) is 0.934. The number of aromatic nitrogens is 1. The summed E-state index contributed by atoms with van der Waals surface area (Å²) in [4.78, 5) is 40.2. The van der Waals surface area contributed by atoms with Gasteiger partial charge in [-0.05, 0) is 23.6 Å². The summed E-state index contributed by atoms with van der Waals surface area (Å²) in [7, 11) is 0. The number of fused-ring (bicyclic) bond motifs is 1. The molecule has 110 valence electrons. The molecule has 22 heavy (non-hydrogen) atoms. The molecule has 2 heterocycles. The number of hydrogen-bond acceptors (Lipinski definition) is 4. The minimum atomic E-state index is -1.35. The topological polar surface area (TPSA) is 88.7 Å². The minimum absolute atomic E-state index is 0.0382. The number of rotatable bonds is 3. The lowest BCUT2D eigenvalue weighted by Gasteiger charge is -2.10. The maximum atomic E-state index is 12.5. The Morgan fingerprint density at radius 2 is 2.05 bits per heavy atom. The van der Waals surface area contributed by atoms with Gasteiger partial charge < -0.3 is 5.11 Å². The van der Waals surface area contributed by atoms with E-state index in [1.54, 1.807) is 30.3 Å². The van der Waals surface area contributed by atoms with Crippen LogP contribution in [0.4, 0.5) is 0 Å². The third-order valence-electron chi connectivity index (χ3n) is 3.43. The third kappa shape index (κ3) is 2.35. The second kappa shape index (κ2) is 5.40. The van der Waals surface area contributed by atoms with Gasteiger partial charge in [0, 0.05) is 5.71 Å². The largest absolute Gasteiger partial charge is 0.477 e. The van der Waals surface area contributed by atoms with E-state index in [9.17, 15) is 14.4 Å². The van der Waals surface area contributed by atoms with Crippen LogP contribution in [0, 0.1) is 0 Å². The fourth-order valence-electron chi connectivity index (χ4n) is 2.42. The first-order valence-electron chi connectivity index (χ1n) is 6.69. The summed E-state index contributed by atoms with van der Waals surface area (Å²) in [5.74, 6) is -1.84. The van der Waals surface area contributed by atoms with Crippen LogP contribution in [0.2, 0.25) is 0 Å². The lowest BCUT2D eigenvalue weighted by Crippen LogP contribution is -2.32. The molecule has 6 nitrogen and oxygen atoms in total. The first-order chi connectivity index (χ1) is 10.6. The average molecular weight is 296 g/mol. The first kappa shape index (κ1) is 13.9. The highest BCUT2D eigenvalue weighted by Crippen LogP contribution is 2.14. The van der Waals surface area contributed by atoms with Gasteiger partial charge >= 0.3 is 5.97 Å². The van der Waals surface area contributed by atoms with E-state index in [0.717, 1.165) is 4.57 Å². The zero-order chi connectivity index (χ0) is 15.7. The highest BCUT2D eigenvalue weighted by atomic mass is 16.4. The molecule has 6 heteroatoms. The highest BCUT2D eigenvalue weighted by Gasteiger charge is 2.19. The normalized spacial score (nSPS) is 13.4. The Kier molecular flexibility index (Phi) is 3.42. The van der Waals surface area contributed by atoms with E-state index in [4.69, 9.17) is 5.11 Å². The second-order valence-electron chi connectivity index (χ2n) is 4.87. The van der Waals surface area contributed by atoms with Crippen molar-refractivity contribution in [1.29, 1.82) is 0 Å². The van der Waals surface area contributed by atoms with Gasteiger partial charge in [0.15, 0.2) is 0 Å². The van der Waals surface area contributed by atoms with Crippen LogP contribution in [-0.4, -0.2) is 33.8 Å². The Morgan fingerprint density at radius 3 is 2.73 bits per heavy atom. The molecular weight excluding hydrogens is 284 g/mol. The van der Waals surface area contributed by atoms with Crippen LogP contribution in [0.1, 0.15) is 21.6 Å². The first-order valence-corrected chi connectivity index (χ1v) is 6.69. The number of carbonyl (C=O) groups excluding carboxylic acids is 1. The van der Waals surface area contributed by atoms with E-state index >= 15 is 0 Å². The van der Waals surface area contributed by atoms with Gasteiger partial charge in [-0.2, -0.15) is 0 Å². The fraction of sp³-hybridized carbons (Fsp3) is 0.125. The van der Waals surface area contributed by atoms with Gasteiger partial charge in [-0.3, -0.25) is 14.6 Å². The summed E-state index contributed by atoms with van der Waals surface area (Å²) in [5, 5.41) is 9.68. The average Bonchev–Trinajstić information content (AvgIpc) is 2.99. The summed E-state index contributed by atoms with van der Waals surface area (Å²) in [5.41, 5.74) is -0.262. The minimum Gasteiger partial charge on any atom is -0.477 e. The molecular formula is C16H12N2O4. The molecule has 0 fully saturated rings. The number of benzene rings is 1. The number of aromatic carboxylic acids is 1. The van der Waals surface area contributed by atoms with Crippen LogP contribution in [0.25, 0.3) is 10.9 Å². The van der Waals surface area contributed by atoms with Gasteiger partial charge in [-0.25, -0.2) is 9.36 Å². The zero-order valence-electron chi connectivity index (χ0n) is 11.5. The van der Waals surface area contributed by atoms with Gasteiger partial charge in [0.2, 0.25) is 5.91 Å². The third-order valence-corrected chi connectivity index (χ3v) is 3.43.